The van der Waals surface area contributed by atoms with E-state index in [4.69, 9.17) is 0 Å². The first kappa shape index (κ1) is 9.95. The van der Waals surface area contributed by atoms with E-state index in [1.165, 1.54) is 30.4 Å². The Morgan fingerprint density at radius 2 is 2.21 bits per heavy atom. The highest BCUT2D eigenvalue weighted by Gasteiger charge is 2.49. The molecule has 0 bridgehead atoms. The first-order valence-electron chi connectivity index (χ1n) is 5.79. The zero-order chi connectivity index (χ0) is 10.3. The minimum atomic E-state index is 0.332. The number of rotatable bonds is 2. The van der Waals surface area contributed by atoms with Gasteiger partial charge in [-0.1, -0.05) is 18.1 Å². The minimum absolute atomic E-state index is 0.332. The Bertz CT molecular complexity index is 288. The monoisotopic (exact) mass is 192 g/mol. The van der Waals surface area contributed by atoms with Gasteiger partial charge in [-0.05, 0) is 50.9 Å². The Morgan fingerprint density at radius 3 is 2.86 bits per heavy atom. The molecular weight excluding hydrogens is 172 g/mol. The molecule has 2 aliphatic carbocycles. The van der Waals surface area contributed by atoms with E-state index in [2.05, 4.69) is 13.8 Å². The number of hydrogen-bond acceptors (Lipinski definition) is 1. The Kier molecular flexibility index (Phi) is 2.50. The van der Waals surface area contributed by atoms with Gasteiger partial charge in [0.15, 0.2) is 0 Å². The van der Waals surface area contributed by atoms with Crippen LogP contribution in [0.1, 0.15) is 46.5 Å². The number of hydrogen-bond donors (Lipinski definition) is 0. The van der Waals surface area contributed by atoms with E-state index in [0.29, 0.717) is 5.78 Å². The molecule has 2 aliphatic rings. The molecular formula is C13H20O. The summed E-state index contributed by atoms with van der Waals surface area (Å²) in [6, 6.07) is 0. The summed E-state index contributed by atoms with van der Waals surface area (Å²) in [5, 5.41) is 0. The third kappa shape index (κ3) is 1.65. The predicted octanol–water partition coefficient (Wildman–Crippen LogP) is 3.35. The molecule has 0 N–H and O–H groups in total. The molecule has 3 unspecified atom stereocenters. The molecule has 14 heavy (non-hydrogen) atoms. The maximum atomic E-state index is 11.2. The van der Waals surface area contributed by atoms with Crippen LogP contribution in [0, 0.1) is 17.8 Å². The quantitative estimate of drug-likeness (QED) is 0.613. The molecule has 0 aromatic heterocycles. The Balaban J connectivity index is 2.19. The van der Waals surface area contributed by atoms with Crippen molar-refractivity contribution in [1.29, 1.82) is 0 Å². The van der Waals surface area contributed by atoms with E-state index in [1.807, 2.05) is 0 Å². The van der Waals surface area contributed by atoms with Gasteiger partial charge in [0.25, 0.3) is 0 Å². The van der Waals surface area contributed by atoms with E-state index >= 15 is 0 Å². The van der Waals surface area contributed by atoms with Gasteiger partial charge in [-0.25, -0.2) is 0 Å². The van der Waals surface area contributed by atoms with Crippen LogP contribution in [0.15, 0.2) is 11.1 Å². The number of fused-ring (bicyclic) bond motifs is 1. The van der Waals surface area contributed by atoms with Crippen molar-refractivity contribution < 1.29 is 4.79 Å². The molecule has 0 saturated heterocycles. The standard InChI is InChI=1S/C13H20O/c1-8-5-4-6-11-10(3)13(11)12(8)7-9(2)14/h10-11,13H,4-7H2,1-3H3. The second-order valence-electron chi connectivity index (χ2n) is 5.13. The summed E-state index contributed by atoms with van der Waals surface area (Å²) in [6.45, 7) is 6.28. The van der Waals surface area contributed by atoms with Crippen molar-refractivity contribution in [2.75, 3.05) is 0 Å². The van der Waals surface area contributed by atoms with Gasteiger partial charge in [-0.2, -0.15) is 0 Å². The molecule has 2 rings (SSSR count). The predicted molar refractivity (Wildman–Crippen MR) is 58.0 cm³/mol. The van der Waals surface area contributed by atoms with Crippen molar-refractivity contribution in [1.82, 2.24) is 0 Å². The van der Waals surface area contributed by atoms with Gasteiger partial charge in [-0.3, -0.25) is 4.79 Å². The van der Waals surface area contributed by atoms with E-state index < -0.39 is 0 Å². The minimum Gasteiger partial charge on any atom is -0.300 e. The van der Waals surface area contributed by atoms with Crippen molar-refractivity contribution in [2.24, 2.45) is 17.8 Å². The molecule has 1 nitrogen and oxygen atoms in total. The summed E-state index contributed by atoms with van der Waals surface area (Å²) >= 11 is 0. The van der Waals surface area contributed by atoms with Gasteiger partial charge < -0.3 is 0 Å². The van der Waals surface area contributed by atoms with Crippen molar-refractivity contribution in [3.05, 3.63) is 11.1 Å². The molecule has 0 aliphatic heterocycles. The van der Waals surface area contributed by atoms with E-state index in [0.717, 1.165) is 24.2 Å². The average Bonchev–Trinajstić information content (AvgIpc) is 2.75. The summed E-state index contributed by atoms with van der Waals surface area (Å²) in [7, 11) is 0. The van der Waals surface area contributed by atoms with Crippen molar-refractivity contribution >= 4 is 5.78 Å². The molecule has 0 spiro atoms. The Labute approximate surface area is 86.6 Å². The van der Waals surface area contributed by atoms with E-state index in [1.54, 1.807) is 6.92 Å². The van der Waals surface area contributed by atoms with Crippen molar-refractivity contribution in [3.63, 3.8) is 0 Å². The first-order valence-corrected chi connectivity index (χ1v) is 5.79. The third-order valence-corrected chi connectivity index (χ3v) is 4.04. The topological polar surface area (TPSA) is 17.1 Å². The lowest BCUT2D eigenvalue weighted by Gasteiger charge is -2.08. The third-order valence-electron chi connectivity index (χ3n) is 4.04. The fourth-order valence-electron chi connectivity index (χ4n) is 3.15. The molecule has 0 amide bonds. The largest absolute Gasteiger partial charge is 0.300 e. The maximum Gasteiger partial charge on any atom is 0.133 e. The highest BCUT2D eigenvalue weighted by molar-refractivity contribution is 5.78. The Hall–Kier alpha value is -0.590. The second kappa shape index (κ2) is 3.52. The molecule has 1 fully saturated rings. The van der Waals surface area contributed by atoms with Crippen LogP contribution in [-0.4, -0.2) is 5.78 Å². The molecule has 0 aromatic rings. The zero-order valence-electron chi connectivity index (χ0n) is 9.47. The first-order chi connectivity index (χ1) is 6.61. The summed E-state index contributed by atoms with van der Waals surface area (Å²) < 4.78 is 0. The summed E-state index contributed by atoms with van der Waals surface area (Å²) in [6.07, 6.45) is 4.66. The van der Waals surface area contributed by atoms with Crippen LogP contribution in [0.25, 0.3) is 0 Å². The van der Waals surface area contributed by atoms with Crippen LogP contribution < -0.4 is 0 Å². The highest BCUT2D eigenvalue weighted by Crippen LogP contribution is 2.56. The number of carbonyl (C=O) groups excluding carboxylic acids is 1. The zero-order valence-corrected chi connectivity index (χ0v) is 9.47. The number of Topliss-reactive ketones (excluding diaryl/α,β-unsaturated/α-hetero) is 1. The molecule has 0 radical (unpaired) electrons. The maximum absolute atomic E-state index is 11.2. The summed E-state index contributed by atoms with van der Waals surface area (Å²) in [4.78, 5) is 11.2. The molecule has 3 atom stereocenters. The van der Waals surface area contributed by atoms with E-state index in [-0.39, 0.29) is 0 Å². The van der Waals surface area contributed by atoms with Gasteiger partial charge in [0.1, 0.15) is 5.78 Å². The average molecular weight is 192 g/mol. The SMILES string of the molecule is CC(=O)CC1=C(C)CCCC2C(C)C12. The molecule has 0 heterocycles. The van der Waals surface area contributed by atoms with Crippen LogP contribution in [0.4, 0.5) is 0 Å². The fourth-order valence-corrected chi connectivity index (χ4v) is 3.15. The summed E-state index contributed by atoms with van der Waals surface area (Å²) in [5.41, 5.74) is 3.00. The smallest absolute Gasteiger partial charge is 0.133 e. The van der Waals surface area contributed by atoms with Crippen LogP contribution in [0.5, 0.6) is 0 Å². The van der Waals surface area contributed by atoms with Crippen molar-refractivity contribution in [3.8, 4) is 0 Å². The lowest BCUT2D eigenvalue weighted by Crippen LogP contribution is -2.00. The van der Waals surface area contributed by atoms with Crippen LogP contribution in [-0.2, 0) is 4.79 Å². The number of allylic oxidation sites excluding steroid dienone is 2. The fraction of sp³-hybridized carbons (Fsp3) is 0.769. The van der Waals surface area contributed by atoms with Gasteiger partial charge in [-0.15, -0.1) is 0 Å². The summed E-state index contributed by atoms with van der Waals surface area (Å²) in [5.74, 6) is 2.85. The van der Waals surface area contributed by atoms with E-state index in [9.17, 15) is 4.79 Å². The molecule has 78 valence electrons. The van der Waals surface area contributed by atoms with Crippen LogP contribution in [0.3, 0.4) is 0 Å². The second-order valence-corrected chi connectivity index (χ2v) is 5.13. The number of carbonyl (C=O) groups is 1. The Morgan fingerprint density at radius 1 is 1.50 bits per heavy atom. The van der Waals surface area contributed by atoms with Gasteiger partial charge in [0.2, 0.25) is 0 Å². The van der Waals surface area contributed by atoms with Gasteiger partial charge in [0, 0.05) is 6.42 Å². The lowest BCUT2D eigenvalue weighted by molar-refractivity contribution is -0.116. The highest BCUT2D eigenvalue weighted by atomic mass is 16.1. The van der Waals surface area contributed by atoms with Gasteiger partial charge in [0.05, 0.1) is 0 Å². The number of ketones is 1. The molecule has 1 saturated carbocycles. The molecule has 1 heteroatoms. The van der Waals surface area contributed by atoms with Crippen molar-refractivity contribution in [2.45, 2.75) is 46.5 Å². The van der Waals surface area contributed by atoms with Crippen LogP contribution >= 0.6 is 0 Å². The van der Waals surface area contributed by atoms with Crippen LogP contribution in [0.2, 0.25) is 0 Å². The van der Waals surface area contributed by atoms with Gasteiger partial charge >= 0.3 is 0 Å². The molecule has 0 aromatic carbocycles. The lowest BCUT2D eigenvalue weighted by atomic mass is 9.97. The normalized spacial score (nSPS) is 36.4.